The molecule has 2 aromatic heterocycles. The van der Waals surface area contributed by atoms with E-state index in [0.717, 1.165) is 29.7 Å². The smallest absolute Gasteiger partial charge is 0.187 e. The number of aromatic nitrogens is 3. The Balaban J connectivity index is 1.31. The van der Waals surface area contributed by atoms with E-state index < -0.39 is 6.29 Å². The van der Waals surface area contributed by atoms with Gasteiger partial charge in [-0.1, -0.05) is 12.1 Å². The zero-order valence-corrected chi connectivity index (χ0v) is 20.5. The van der Waals surface area contributed by atoms with Gasteiger partial charge >= 0.3 is 0 Å². The molecule has 1 fully saturated rings. The SMILES string of the molecule is CO[C@@H]1[C@@H](OC)[C@H](C)O[C@@H](OC2Cc3ccc(-c4ccnc(-c5cccnc5)n4)cc3C2)[C@@H]1OC. The monoisotopic (exact) mass is 477 g/mol. The summed E-state index contributed by atoms with van der Waals surface area (Å²) in [5, 5.41) is 0. The molecule has 0 amide bonds. The molecule has 2 aliphatic rings. The van der Waals surface area contributed by atoms with Crippen molar-refractivity contribution in [2.24, 2.45) is 0 Å². The number of methoxy groups -OCH3 is 3. The number of pyridine rings is 1. The van der Waals surface area contributed by atoms with Gasteiger partial charge in [0.1, 0.15) is 18.3 Å². The minimum absolute atomic E-state index is 0.0111. The van der Waals surface area contributed by atoms with E-state index >= 15 is 0 Å². The lowest BCUT2D eigenvalue weighted by Gasteiger charge is -2.44. The number of hydrogen-bond acceptors (Lipinski definition) is 8. The van der Waals surface area contributed by atoms with E-state index in [4.69, 9.17) is 28.7 Å². The largest absolute Gasteiger partial charge is 0.376 e. The van der Waals surface area contributed by atoms with Gasteiger partial charge in [-0.25, -0.2) is 9.97 Å². The highest BCUT2D eigenvalue weighted by molar-refractivity contribution is 5.64. The fourth-order valence-corrected chi connectivity index (χ4v) is 5.10. The molecule has 0 radical (unpaired) electrons. The second-order valence-corrected chi connectivity index (χ2v) is 8.97. The van der Waals surface area contributed by atoms with E-state index in [9.17, 15) is 0 Å². The Kier molecular flexibility index (Phi) is 7.17. The van der Waals surface area contributed by atoms with Crippen molar-refractivity contribution in [1.82, 2.24) is 15.0 Å². The van der Waals surface area contributed by atoms with Crippen LogP contribution in [-0.4, -0.2) is 73.1 Å². The summed E-state index contributed by atoms with van der Waals surface area (Å²) in [7, 11) is 4.97. The summed E-state index contributed by atoms with van der Waals surface area (Å²) in [4.78, 5) is 13.4. The molecule has 6 atom stereocenters. The molecule has 3 heterocycles. The van der Waals surface area contributed by atoms with Crippen LogP contribution in [-0.2, 0) is 36.5 Å². The molecule has 1 aliphatic carbocycles. The number of fused-ring (bicyclic) bond motifs is 1. The van der Waals surface area contributed by atoms with Gasteiger partial charge in [-0.3, -0.25) is 4.98 Å². The van der Waals surface area contributed by atoms with Crippen LogP contribution in [0.15, 0.2) is 55.0 Å². The maximum atomic E-state index is 6.44. The molecule has 0 spiro atoms. The normalized spacial score (nSPS) is 28.1. The van der Waals surface area contributed by atoms with Gasteiger partial charge in [-0.2, -0.15) is 0 Å². The van der Waals surface area contributed by atoms with Gasteiger partial charge < -0.3 is 23.7 Å². The summed E-state index contributed by atoms with van der Waals surface area (Å²) in [5.74, 6) is 0.661. The van der Waals surface area contributed by atoms with Gasteiger partial charge in [0.05, 0.1) is 17.9 Å². The molecular formula is C27H31N3O5. The summed E-state index contributed by atoms with van der Waals surface area (Å²) in [5.41, 5.74) is 5.35. The third-order valence-electron chi connectivity index (χ3n) is 6.84. The van der Waals surface area contributed by atoms with E-state index in [2.05, 4.69) is 28.2 Å². The lowest BCUT2D eigenvalue weighted by atomic mass is 9.99. The quantitative estimate of drug-likeness (QED) is 0.511. The van der Waals surface area contributed by atoms with Crippen molar-refractivity contribution >= 4 is 0 Å². The van der Waals surface area contributed by atoms with Crippen LogP contribution >= 0.6 is 0 Å². The van der Waals surface area contributed by atoms with E-state index in [1.807, 2.05) is 25.1 Å². The third kappa shape index (κ3) is 4.85. The van der Waals surface area contributed by atoms with E-state index in [1.54, 1.807) is 39.9 Å². The average Bonchev–Trinajstić information content (AvgIpc) is 3.30. The molecule has 0 N–H and O–H groups in total. The minimum Gasteiger partial charge on any atom is -0.376 e. The van der Waals surface area contributed by atoms with Crippen LogP contribution in [0.25, 0.3) is 22.6 Å². The van der Waals surface area contributed by atoms with Crippen molar-refractivity contribution in [2.45, 2.75) is 56.6 Å². The fourth-order valence-electron chi connectivity index (χ4n) is 5.10. The van der Waals surface area contributed by atoms with Crippen LogP contribution in [0.5, 0.6) is 0 Å². The molecule has 3 aromatic rings. The van der Waals surface area contributed by atoms with Crippen LogP contribution in [0.2, 0.25) is 0 Å². The highest BCUT2D eigenvalue weighted by Gasteiger charge is 2.47. The van der Waals surface area contributed by atoms with Crippen molar-refractivity contribution in [2.75, 3.05) is 21.3 Å². The average molecular weight is 478 g/mol. The molecule has 1 saturated heterocycles. The number of rotatable bonds is 7. The van der Waals surface area contributed by atoms with Gasteiger partial charge in [-0.15, -0.1) is 0 Å². The predicted molar refractivity (Wildman–Crippen MR) is 130 cm³/mol. The first-order valence-corrected chi connectivity index (χ1v) is 11.9. The summed E-state index contributed by atoms with van der Waals surface area (Å²) in [6.45, 7) is 1.97. The van der Waals surface area contributed by atoms with Crippen LogP contribution in [0.3, 0.4) is 0 Å². The summed E-state index contributed by atoms with van der Waals surface area (Å²) >= 11 is 0. The number of nitrogens with zero attached hydrogens (tertiary/aromatic N) is 3. The second kappa shape index (κ2) is 10.5. The number of hydrogen-bond donors (Lipinski definition) is 0. The molecular weight excluding hydrogens is 446 g/mol. The Bertz CT molecular complexity index is 1140. The van der Waals surface area contributed by atoms with E-state index in [1.165, 1.54) is 11.1 Å². The Morgan fingerprint density at radius 3 is 2.40 bits per heavy atom. The van der Waals surface area contributed by atoms with Crippen LogP contribution in [0, 0.1) is 0 Å². The number of benzene rings is 1. The van der Waals surface area contributed by atoms with Gasteiger partial charge in [0.2, 0.25) is 0 Å². The lowest BCUT2D eigenvalue weighted by molar-refractivity contribution is -0.314. The third-order valence-corrected chi connectivity index (χ3v) is 6.84. The van der Waals surface area contributed by atoms with Crippen LogP contribution in [0.4, 0.5) is 0 Å². The predicted octanol–water partition coefficient (Wildman–Crippen LogP) is 3.48. The summed E-state index contributed by atoms with van der Waals surface area (Å²) in [6, 6.07) is 12.2. The highest BCUT2D eigenvalue weighted by Crippen LogP contribution is 2.33. The topological polar surface area (TPSA) is 84.8 Å². The summed E-state index contributed by atoms with van der Waals surface area (Å²) < 4.78 is 29.6. The van der Waals surface area contributed by atoms with Crippen LogP contribution in [0.1, 0.15) is 18.1 Å². The Morgan fingerprint density at radius 1 is 0.857 bits per heavy atom. The van der Waals surface area contributed by atoms with Gasteiger partial charge in [0.25, 0.3) is 0 Å². The summed E-state index contributed by atoms with van der Waals surface area (Å²) in [6.07, 6.45) is 5.30. The first-order valence-electron chi connectivity index (χ1n) is 11.9. The molecule has 184 valence electrons. The zero-order chi connectivity index (χ0) is 24.4. The molecule has 5 rings (SSSR count). The first kappa shape index (κ1) is 24.0. The fraction of sp³-hybridized carbons (Fsp3) is 0.444. The maximum absolute atomic E-state index is 6.44. The van der Waals surface area contributed by atoms with Gasteiger partial charge in [-0.05, 0) is 55.2 Å². The van der Waals surface area contributed by atoms with Crippen molar-refractivity contribution in [3.8, 4) is 22.6 Å². The molecule has 0 saturated carbocycles. The Labute approximate surface area is 205 Å². The standard InChI is InChI=1S/C27H31N3O5/c1-16-23(31-2)24(32-3)25(33-4)27(34-16)35-21-13-17-7-8-18(12-20(17)14-21)22-9-11-29-26(30-22)19-6-5-10-28-15-19/h5-12,15-16,21,23-25,27H,13-14H2,1-4H3/t16-,21?,23-,24+,25+,27-/m0/s1. The van der Waals surface area contributed by atoms with E-state index in [0.29, 0.717) is 5.82 Å². The Hall–Kier alpha value is -2.75. The van der Waals surface area contributed by atoms with Crippen molar-refractivity contribution in [3.05, 3.63) is 66.1 Å². The van der Waals surface area contributed by atoms with Crippen molar-refractivity contribution < 1.29 is 23.7 Å². The molecule has 1 aliphatic heterocycles. The molecule has 8 heteroatoms. The molecule has 8 nitrogen and oxygen atoms in total. The van der Waals surface area contributed by atoms with Gasteiger partial charge in [0, 0.05) is 51.0 Å². The first-order chi connectivity index (χ1) is 17.1. The second-order valence-electron chi connectivity index (χ2n) is 8.97. The van der Waals surface area contributed by atoms with Crippen molar-refractivity contribution in [3.63, 3.8) is 0 Å². The highest BCUT2D eigenvalue weighted by atomic mass is 16.7. The molecule has 1 unspecified atom stereocenters. The van der Waals surface area contributed by atoms with Crippen LogP contribution < -0.4 is 0 Å². The van der Waals surface area contributed by atoms with Crippen molar-refractivity contribution in [1.29, 1.82) is 0 Å². The number of ether oxygens (including phenoxy) is 5. The molecule has 0 bridgehead atoms. The maximum Gasteiger partial charge on any atom is 0.187 e. The molecule has 1 aromatic carbocycles. The zero-order valence-electron chi connectivity index (χ0n) is 20.5. The lowest BCUT2D eigenvalue weighted by Crippen LogP contribution is -2.59. The minimum atomic E-state index is -0.533. The van der Waals surface area contributed by atoms with E-state index in [-0.39, 0.29) is 30.5 Å². The Morgan fingerprint density at radius 2 is 1.66 bits per heavy atom. The van der Waals surface area contributed by atoms with Gasteiger partial charge in [0.15, 0.2) is 12.1 Å². The molecule has 35 heavy (non-hydrogen) atoms.